The zero-order valence-electron chi connectivity index (χ0n) is 14.9. The molecule has 0 fully saturated rings. The third-order valence-electron chi connectivity index (χ3n) is 4.78. The molecule has 0 aliphatic carbocycles. The van der Waals surface area contributed by atoms with Crippen LogP contribution < -0.4 is 4.90 Å². The number of nitrogens with zero attached hydrogens (tertiary/aromatic N) is 2. The van der Waals surface area contributed by atoms with Crippen molar-refractivity contribution in [3.8, 4) is 0 Å². The molecule has 1 aliphatic rings. The molecule has 0 radical (unpaired) electrons. The van der Waals surface area contributed by atoms with Crippen molar-refractivity contribution in [3.63, 3.8) is 0 Å². The van der Waals surface area contributed by atoms with E-state index >= 15 is 0 Å². The molecule has 0 atom stereocenters. The fourth-order valence-corrected chi connectivity index (χ4v) is 3.52. The van der Waals surface area contributed by atoms with E-state index in [1.54, 1.807) is 12.1 Å². The molecule has 6 heteroatoms. The molecule has 0 aromatic heterocycles. The highest BCUT2D eigenvalue weighted by Crippen LogP contribution is 2.36. The average Bonchev–Trinajstić information content (AvgIpc) is 2.65. The highest BCUT2D eigenvalue weighted by atomic mass is 16.3. The monoisotopic (exact) mass is 356 g/mol. The van der Waals surface area contributed by atoms with Crippen LogP contribution in [0.5, 0.6) is 0 Å². The van der Waals surface area contributed by atoms with Gasteiger partial charge in [-0.15, -0.1) is 0 Å². The Hall–Kier alpha value is -2.44. The molecular weight excluding hydrogens is 332 g/mol. The van der Waals surface area contributed by atoms with Crippen molar-refractivity contribution in [1.29, 1.82) is 0 Å². The van der Waals surface area contributed by atoms with Crippen LogP contribution in [0.2, 0.25) is 0 Å². The number of rotatable bonds is 8. The number of unbranched alkanes of at least 4 members (excludes halogenated alkanes) is 1. The van der Waals surface area contributed by atoms with Crippen LogP contribution in [0.25, 0.3) is 10.8 Å². The molecule has 0 saturated heterocycles. The van der Waals surface area contributed by atoms with E-state index in [1.165, 1.54) is 4.90 Å². The molecule has 0 unspecified atom stereocenters. The van der Waals surface area contributed by atoms with E-state index in [-0.39, 0.29) is 25.0 Å². The molecule has 2 aromatic carbocycles. The Balaban J connectivity index is 2.15. The summed E-state index contributed by atoms with van der Waals surface area (Å²) < 4.78 is 0. The van der Waals surface area contributed by atoms with Gasteiger partial charge in [-0.2, -0.15) is 0 Å². The quantitative estimate of drug-likeness (QED) is 0.708. The molecule has 2 aromatic rings. The number of carbonyl (C=O) groups excluding carboxylic acids is 2. The third kappa shape index (κ3) is 3.06. The van der Waals surface area contributed by atoms with Crippen molar-refractivity contribution in [2.24, 2.45) is 0 Å². The lowest BCUT2D eigenvalue weighted by molar-refractivity contribution is 0.0608. The lowest BCUT2D eigenvalue weighted by Gasteiger charge is -2.30. The summed E-state index contributed by atoms with van der Waals surface area (Å²) in [5, 5.41) is 20.1. The molecule has 1 aliphatic heterocycles. The van der Waals surface area contributed by atoms with Crippen LogP contribution in [-0.2, 0) is 0 Å². The van der Waals surface area contributed by atoms with Gasteiger partial charge in [0.15, 0.2) is 0 Å². The van der Waals surface area contributed by atoms with Gasteiger partial charge < -0.3 is 15.1 Å². The van der Waals surface area contributed by atoms with E-state index < -0.39 is 0 Å². The van der Waals surface area contributed by atoms with Gasteiger partial charge in [-0.3, -0.25) is 14.5 Å². The van der Waals surface area contributed by atoms with Gasteiger partial charge in [-0.1, -0.05) is 25.5 Å². The van der Waals surface area contributed by atoms with E-state index in [0.29, 0.717) is 36.1 Å². The first kappa shape index (κ1) is 18.4. The van der Waals surface area contributed by atoms with Crippen LogP contribution in [0.4, 0.5) is 5.69 Å². The first-order valence-electron chi connectivity index (χ1n) is 9.02. The Labute approximate surface area is 152 Å². The number of hydrogen-bond donors (Lipinski definition) is 2. The summed E-state index contributed by atoms with van der Waals surface area (Å²) in [5.74, 6) is -0.510. The third-order valence-corrected chi connectivity index (χ3v) is 4.78. The fraction of sp³-hybridized carbons (Fsp3) is 0.400. The molecule has 0 bridgehead atoms. The lowest BCUT2D eigenvalue weighted by atomic mass is 9.92. The summed E-state index contributed by atoms with van der Waals surface area (Å²) in [6.07, 6.45) is 1.69. The SMILES string of the molecule is CCCCN1C(=O)c2cccc3c(N(CCO)CCO)ccc(c23)C1=O. The van der Waals surface area contributed by atoms with Crippen LogP contribution in [0.3, 0.4) is 0 Å². The zero-order chi connectivity index (χ0) is 18.7. The first-order valence-corrected chi connectivity index (χ1v) is 9.02. The van der Waals surface area contributed by atoms with Gasteiger partial charge >= 0.3 is 0 Å². The number of hydrogen-bond acceptors (Lipinski definition) is 5. The second-order valence-electron chi connectivity index (χ2n) is 6.41. The Morgan fingerprint density at radius 3 is 2.23 bits per heavy atom. The molecule has 1 heterocycles. The van der Waals surface area contributed by atoms with Gasteiger partial charge in [0.25, 0.3) is 11.8 Å². The minimum atomic E-state index is -0.255. The molecule has 6 nitrogen and oxygen atoms in total. The normalized spacial score (nSPS) is 13.6. The van der Waals surface area contributed by atoms with Crippen molar-refractivity contribution in [3.05, 3.63) is 41.5 Å². The molecule has 3 rings (SSSR count). The maximum Gasteiger partial charge on any atom is 0.261 e. The Morgan fingerprint density at radius 2 is 1.62 bits per heavy atom. The number of carbonyl (C=O) groups is 2. The number of aliphatic hydroxyl groups is 2. The topological polar surface area (TPSA) is 81.1 Å². The van der Waals surface area contributed by atoms with E-state index in [0.717, 1.165) is 23.9 Å². The summed E-state index contributed by atoms with van der Waals surface area (Å²) in [6.45, 7) is 3.08. The number of aliphatic hydroxyl groups excluding tert-OH is 2. The highest BCUT2D eigenvalue weighted by Gasteiger charge is 2.33. The van der Waals surface area contributed by atoms with Crippen LogP contribution in [-0.4, -0.2) is 59.8 Å². The minimum Gasteiger partial charge on any atom is -0.395 e. The van der Waals surface area contributed by atoms with Crippen LogP contribution in [0.15, 0.2) is 30.3 Å². The molecule has 138 valence electrons. The Bertz CT molecular complexity index is 806. The summed E-state index contributed by atoms with van der Waals surface area (Å²) in [7, 11) is 0. The largest absolute Gasteiger partial charge is 0.395 e. The second-order valence-corrected chi connectivity index (χ2v) is 6.41. The van der Waals surface area contributed by atoms with Gasteiger partial charge in [0.05, 0.1) is 13.2 Å². The molecule has 0 saturated carbocycles. The lowest BCUT2D eigenvalue weighted by Crippen LogP contribution is -2.41. The molecule has 26 heavy (non-hydrogen) atoms. The second kappa shape index (κ2) is 7.85. The molecule has 0 spiro atoms. The number of anilines is 1. The van der Waals surface area contributed by atoms with Crippen molar-refractivity contribution >= 4 is 28.3 Å². The standard InChI is InChI=1S/C20H24N2O4/c1-2-3-9-22-19(25)15-6-4-5-14-17(21(10-12-23)11-13-24)8-7-16(18(14)15)20(22)26/h4-8,23-24H,2-3,9-13H2,1H3. The molecular formula is C20H24N2O4. The van der Waals surface area contributed by atoms with Gasteiger partial charge in [-0.05, 0) is 24.6 Å². The van der Waals surface area contributed by atoms with Crippen molar-refractivity contribution in [2.45, 2.75) is 19.8 Å². The number of amides is 2. The highest BCUT2D eigenvalue weighted by molar-refractivity contribution is 6.26. The summed E-state index contributed by atoms with van der Waals surface area (Å²) >= 11 is 0. The van der Waals surface area contributed by atoms with E-state index in [2.05, 4.69) is 0 Å². The van der Waals surface area contributed by atoms with Gasteiger partial charge in [0.2, 0.25) is 0 Å². The predicted octanol–water partition coefficient (Wildman–Crippen LogP) is 2.03. The van der Waals surface area contributed by atoms with Crippen molar-refractivity contribution in [1.82, 2.24) is 4.90 Å². The summed E-state index contributed by atoms with van der Waals surface area (Å²) in [5.41, 5.74) is 1.86. The van der Waals surface area contributed by atoms with Gasteiger partial charge in [-0.25, -0.2) is 0 Å². The molecule has 2 amide bonds. The number of benzene rings is 2. The van der Waals surface area contributed by atoms with Crippen LogP contribution in [0.1, 0.15) is 40.5 Å². The van der Waals surface area contributed by atoms with Crippen molar-refractivity contribution < 1.29 is 19.8 Å². The zero-order valence-corrected chi connectivity index (χ0v) is 14.9. The van der Waals surface area contributed by atoms with Crippen LogP contribution in [0, 0.1) is 0 Å². The van der Waals surface area contributed by atoms with E-state index in [9.17, 15) is 19.8 Å². The smallest absolute Gasteiger partial charge is 0.261 e. The van der Waals surface area contributed by atoms with Gasteiger partial charge in [0.1, 0.15) is 0 Å². The predicted molar refractivity (Wildman–Crippen MR) is 101 cm³/mol. The Morgan fingerprint density at radius 1 is 0.962 bits per heavy atom. The summed E-state index contributed by atoms with van der Waals surface area (Å²) in [6, 6.07) is 9.02. The van der Waals surface area contributed by atoms with Crippen molar-refractivity contribution in [2.75, 3.05) is 37.7 Å². The Kier molecular flexibility index (Phi) is 5.54. The van der Waals surface area contributed by atoms with Crippen LogP contribution >= 0.6 is 0 Å². The van der Waals surface area contributed by atoms with Gasteiger partial charge in [0, 0.05) is 47.2 Å². The first-order chi connectivity index (χ1) is 12.6. The fourth-order valence-electron chi connectivity index (χ4n) is 3.52. The molecule has 2 N–H and O–H groups in total. The number of imide groups is 1. The van der Waals surface area contributed by atoms with E-state index in [1.807, 2.05) is 30.0 Å². The maximum atomic E-state index is 12.9. The maximum absolute atomic E-state index is 12.9. The average molecular weight is 356 g/mol. The summed E-state index contributed by atoms with van der Waals surface area (Å²) in [4.78, 5) is 28.9. The minimum absolute atomic E-state index is 0.0500. The van der Waals surface area contributed by atoms with E-state index in [4.69, 9.17) is 0 Å².